The van der Waals surface area contributed by atoms with Crippen LogP contribution in [0.2, 0.25) is 0 Å². The van der Waals surface area contributed by atoms with E-state index in [1.807, 2.05) is 0 Å². The van der Waals surface area contributed by atoms with Gasteiger partial charge in [0.2, 0.25) is 5.43 Å². The van der Waals surface area contributed by atoms with Crippen LogP contribution in [0.1, 0.15) is 12.0 Å². The van der Waals surface area contributed by atoms with Gasteiger partial charge in [0.05, 0.1) is 28.2 Å². The fourth-order valence-corrected chi connectivity index (χ4v) is 1.62. The summed E-state index contributed by atoms with van der Waals surface area (Å²) in [5.41, 5.74) is 1.49. The molecule has 0 aliphatic heterocycles. The lowest BCUT2D eigenvalue weighted by Crippen LogP contribution is -2.17. The maximum Gasteiger partial charge on any atom is 0.270 e. The Hall–Kier alpha value is -3.54. The summed E-state index contributed by atoms with van der Waals surface area (Å²) >= 11 is 0. The highest BCUT2D eigenvalue weighted by Crippen LogP contribution is 2.18. The van der Waals surface area contributed by atoms with Gasteiger partial charge < -0.3 is 4.42 Å². The number of nitro benzene ring substituents is 1. The average Bonchev–Trinajstić information content (AvgIpc) is 2.49. The van der Waals surface area contributed by atoms with Crippen molar-refractivity contribution in [3.05, 3.63) is 50.4 Å². The molecule has 1 aromatic heterocycles. The van der Waals surface area contributed by atoms with Crippen molar-refractivity contribution in [2.45, 2.75) is 6.42 Å². The zero-order valence-corrected chi connectivity index (χ0v) is 11.0. The van der Waals surface area contributed by atoms with Gasteiger partial charge in [-0.2, -0.15) is 10.4 Å². The first-order valence-electron chi connectivity index (χ1n) is 5.91. The number of carbonyl (C=O) groups excluding carboxylic acids is 1. The quantitative estimate of drug-likeness (QED) is 0.509. The number of nitrogens with zero attached hydrogens (tertiary/aromatic N) is 3. The standard InChI is InChI=1S/C13H8N4O5/c14-4-3-12(18)16-15-6-8-7-22-11-2-1-9(17(20)21)5-10(11)13(8)19/h1-2,5-7H,3H2,(H,16,18). The van der Waals surface area contributed by atoms with E-state index < -0.39 is 16.3 Å². The number of amides is 1. The van der Waals surface area contributed by atoms with Crippen LogP contribution in [0.5, 0.6) is 0 Å². The van der Waals surface area contributed by atoms with E-state index in [-0.39, 0.29) is 28.6 Å². The van der Waals surface area contributed by atoms with E-state index in [0.29, 0.717) is 0 Å². The molecule has 0 fully saturated rings. The minimum Gasteiger partial charge on any atom is -0.463 e. The number of carbonyl (C=O) groups is 1. The van der Waals surface area contributed by atoms with Crippen LogP contribution >= 0.6 is 0 Å². The van der Waals surface area contributed by atoms with E-state index in [9.17, 15) is 19.7 Å². The second-order valence-electron chi connectivity index (χ2n) is 4.09. The lowest BCUT2D eigenvalue weighted by atomic mass is 10.1. The molecule has 1 heterocycles. The zero-order chi connectivity index (χ0) is 16.1. The summed E-state index contributed by atoms with van der Waals surface area (Å²) < 4.78 is 5.18. The Bertz CT molecular complexity index is 878. The Morgan fingerprint density at radius 1 is 1.55 bits per heavy atom. The van der Waals surface area contributed by atoms with Crippen molar-refractivity contribution in [1.29, 1.82) is 5.26 Å². The SMILES string of the molecule is N#CCC(=O)NN=Cc1coc2ccc([N+](=O)[O-])cc2c1=O. The van der Waals surface area contributed by atoms with Crippen molar-refractivity contribution in [3.8, 4) is 6.07 Å². The summed E-state index contributed by atoms with van der Waals surface area (Å²) in [6, 6.07) is 5.29. The molecule has 0 unspecified atom stereocenters. The fraction of sp³-hybridized carbons (Fsp3) is 0.0769. The molecule has 0 aliphatic carbocycles. The average molecular weight is 300 g/mol. The highest BCUT2D eigenvalue weighted by atomic mass is 16.6. The van der Waals surface area contributed by atoms with Gasteiger partial charge in [0, 0.05) is 12.1 Å². The highest BCUT2D eigenvalue weighted by Gasteiger charge is 2.11. The number of fused-ring (bicyclic) bond motifs is 1. The van der Waals surface area contributed by atoms with Gasteiger partial charge in [-0.05, 0) is 6.07 Å². The molecule has 1 N–H and O–H groups in total. The molecule has 22 heavy (non-hydrogen) atoms. The number of nitro groups is 1. The maximum atomic E-state index is 12.2. The normalized spacial score (nSPS) is 10.5. The van der Waals surface area contributed by atoms with Crippen molar-refractivity contribution >= 4 is 28.8 Å². The minimum absolute atomic E-state index is 0.00487. The Morgan fingerprint density at radius 3 is 3.00 bits per heavy atom. The lowest BCUT2D eigenvalue weighted by Gasteiger charge is -1.98. The van der Waals surface area contributed by atoms with Crippen LogP contribution in [0.3, 0.4) is 0 Å². The van der Waals surface area contributed by atoms with Crippen molar-refractivity contribution in [2.24, 2.45) is 5.10 Å². The Morgan fingerprint density at radius 2 is 2.32 bits per heavy atom. The monoisotopic (exact) mass is 300 g/mol. The number of hydrogen-bond acceptors (Lipinski definition) is 7. The summed E-state index contributed by atoms with van der Waals surface area (Å²) in [7, 11) is 0. The van der Waals surface area contributed by atoms with Gasteiger partial charge in [0.15, 0.2) is 0 Å². The first-order chi connectivity index (χ1) is 10.5. The van der Waals surface area contributed by atoms with E-state index in [2.05, 4.69) is 10.5 Å². The molecule has 1 aromatic carbocycles. The summed E-state index contributed by atoms with van der Waals surface area (Å²) in [6.07, 6.45) is 1.80. The topological polar surface area (TPSA) is 139 Å². The summed E-state index contributed by atoms with van der Waals surface area (Å²) in [4.78, 5) is 33.3. The van der Waals surface area contributed by atoms with Crippen molar-refractivity contribution in [3.63, 3.8) is 0 Å². The molecule has 0 spiro atoms. The van der Waals surface area contributed by atoms with Gasteiger partial charge in [0.25, 0.3) is 11.6 Å². The Kier molecular flexibility index (Phi) is 4.24. The van der Waals surface area contributed by atoms with Gasteiger partial charge in [-0.3, -0.25) is 19.7 Å². The summed E-state index contributed by atoms with van der Waals surface area (Å²) in [6.45, 7) is 0. The van der Waals surface area contributed by atoms with Crippen LogP contribution in [0, 0.1) is 21.4 Å². The van der Waals surface area contributed by atoms with Crippen LogP contribution in [0.25, 0.3) is 11.0 Å². The molecular formula is C13H8N4O5. The number of benzene rings is 1. The molecule has 0 aliphatic rings. The maximum absolute atomic E-state index is 12.2. The third kappa shape index (κ3) is 3.13. The number of hydrazone groups is 1. The van der Waals surface area contributed by atoms with E-state index in [4.69, 9.17) is 9.68 Å². The van der Waals surface area contributed by atoms with Gasteiger partial charge in [-0.15, -0.1) is 0 Å². The van der Waals surface area contributed by atoms with Gasteiger partial charge in [-0.25, -0.2) is 5.43 Å². The number of rotatable bonds is 4. The van der Waals surface area contributed by atoms with Crippen LogP contribution in [0.15, 0.2) is 38.8 Å². The molecule has 0 saturated carbocycles. The molecule has 1 amide bonds. The third-order valence-corrected chi connectivity index (χ3v) is 2.63. The number of nitriles is 1. The van der Waals surface area contributed by atoms with Crippen LogP contribution in [-0.4, -0.2) is 17.0 Å². The first-order valence-corrected chi connectivity index (χ1v) is 5.91. The Balaban J connectivity index is 2.36. The number of non-ortho nitro benzene ring substituents is 1. The molecule has 0 bridgehead atoms. The van der Waals surface area contributed by atoms with E-state index >= 15 is 0 Å². The second-order valence-corrected chi connectivity index (χ2v) is 4.09. The van der Waals surface area contributed by atoms with Gasteiger partial charge >= 0.3 is 0 Å². The van der Waals surface area contributed by atoms with Crippen LogP contribution in [-0.2, 0) is 4.79 Å². The van der Waals surface area contributed by atoms with E-state index in [1.54, 1.807) is 6.07 Å². The van der Waals surface area contributed by atoms with E-state index in [1.165, 1.54) is 12.1 Å². The predicted octanol–water partition coefficient (Wildman–Crippen LogP) is 1.06. The van der Waals surface area contributed by atoms with E-state index in [0.717, 1.165) is 18.5 Å². The molecule has 110 valence electrons. The predicted molar refractivity (Wildman–Crippen MR) is 75.1 cm³/mol. The second kappa shape index (κ2) is 6.27. The van der Waals surface area contributed by atoms with Crippen LogP contribution < -0.4 is 10.9 Å². The largest absolute Gasteiger partial charge is 0.463 e. The Labute approximate surface area is 122 Å². The van der Waals surface area contributed by atoms with Crippen molar-refractivity contribution in [1.82, 2.24) is 5.43 Å². The van der Waals surface area contributed by atoms with Crippen LogP contribution in [0.4, 0.5) is 5.69 Å². The molecule has 0 atom stereocenters. The highest BCUT2D eigenvalue weighted by molar-refractivity contribution is 5.88. The van der Waals surface area contributed by atoms with Gasteiger partial charge in [-0.1, -0.05) is 0 Å². The smallest absolute Gasteiger partial charge is 0.270 e. The molecular weight excluding hydrogens is 292 g/mol. The summed E-state index contributed by atoms with van der Waals surface area (Å²) in [5.74, 6) is -0.625. The molecule has 9 heteroatoms. The summed E-state index contributed by atoms with van der Waals surface area (Å²) in [5, 5.41) is 22.6. The third-order valence-electron chi connectivity index (χ3n) is 2.63. The lowest BCUT2D eigenvalue weighted by molar-refractivity contribution is -0.384. The van der Waals surface area contributed by atoms with Crippen molar-refractivity contribution < 1.29 is 14.1 Å². The zero-order valence-electron chi connectivity index (χ0n) is 11.0. The number of nitrogens with one attached hydrogen (secondary N) is 1. The number of hydrogen-bond donors (Lipinski definition) is 1. The fourth-order valence-electron chi connectivity index (χ4n) is 1.62. The first kappa shape index (κ1) is 14.9. The molecule has 0 radical (unpaired) electrons. The van der Waals surface area contributed by atoms with Gasteiger partial charge in [0.1, 0.15) is 18.3 Å². The minimum atomic E-state index is -0.625. The van der Waals surface area contributed by atoms with Crippen molar-refractivity contribution in [2.75, 3.05) is 0 Å². The molecule has 2 aromatic rings. The molecule has 2 rings (SSSR count). The molecule has 9 nitrogen and oxygen atoms in total. The molecule has 0 saturated heterocycles.